The van der Waals surface area contributed by atoms with Crippen molar-refractivity contribution in [2.24, 2.45) is 10.9 Å². The van der Waals surface area contributed by atoms with E-state index >= 15 is 0 Å². The van der Waals surface area contributed by atoms with E-state index in [9.17, 15) is 4.79 Å². The van der Waals surface area contributed by atoms with Gasteiger partial charge in [-0.25, -0.2) is 0 Å². The lowest BCUT2D eigenvalue weighted by molar-refractivity contribution is 0.0827. The van der Waals surface area contributed by atoms with Gasteiger partial charge in [0.1, 0.15) is 0 Å². The first-order valence-electron chi connectivity index (χ1n) is 10.0. The first-order chi connectivity index (χ1) is 13.0. The fourth-order valence-corrected chi connectivity index (χ4v) is 3.40. The summed E-state index contributed by atoms with van der Waals surface area (Å²) >= 11 is 0. The van der Waals surface area contributed by atoms with E-state index in [4.69, 9.17) is 0 Å². The van der Waals surface area contributed by atoms with Crippen LogP contribution in [0.2, 0.25) is 0 Å². The third kappa shape index (κ3) is 6.86. The van der Waals surface area contributed by atoms with Gasteiger partial charge in [0, 0.05) is 39.8 Å². The maximum Gasteiger partial charge on any atom is 0.253 e. The molecule has 0 unspecified atom stereocenters. The SMILES string of the molecule is CCCN1CCC(CNC(=NC)NCc2ccc(C(=O)N(C)C)cc2)CC1. The van der Waals surface area contributed by atoms with Gasteiger partial charge in [-0.1, -0.05) is 19.1 Å². The van der Waals surface area contributed by atoms with Gasteiger partial charge in [-0.3, -0.25) is 9.79 Å². The van der Waals surface area contributed by atoms with E-state index in [1.165, 1.54) is 38.9 Å². The molecule has 150 valence electrons. The molecule has 0 atom stereocenters. The van der Waals surface area contributed by atoms with Crippen molar-refractivity contribution >= 4 is 11.9 Å². The zero-order valence-corrected chi connectivity index (χ0v) is 17.3. The average Bonchev–Trinajstić information content (AvgIpc) is 2.69. The topological polar surface area (TPSA) is 60.0 Å². The van der Waals surface area contributed by atoms with Crippen molar-refractivity contribution < 1.29 is 4.79 Å². The minimum Gasteiger partial charge on any atom is -0.356 e. The molecule has 1 aromatic carbocycles. The van der Waals surface area contributed by atoms with Crippen LogP contribution < -0.4 is 10.6 Å². The second-order valence-electron chi connectivity index (χ2n) is 7.49. The number of amides is 1. The Labute approximate surface area is 164 Å². The molecular weight excluding hydrogens is 338 g/mol. The van der Waals surface area contributed by atoms with Crippen molar-refractivity contribution in [2.75, 3.05) is 47.3 Å². The van der Waals surface area contributed by atoms with Gasteiger partial charge in [-0.05, 0) is 62.5 Å². The smallest absolute Gasteiger partial charge is 0.253 e. The molecule has 0 bridgehead atoms. The molecule has 0 radical (unpaired) electrons. The Morgan fingerprint density at radius 1 is 1.19 bits per heavy atom. The predicted octanol–water partition coefficient (Wildman–Crippen LogP) is 2.18. The molecule has 27 heavy (non-hydrogen) atoms. The number of piperidine rings is 1. The number of hydrogen-bond acceptors (Lipinski definition) is 3. The molecule has 6 nitrogen and oxygen atoms in total. The maximum atomic E-state index is 11.9. The molecule has 1 aliphatic rings. The number of nitrogens with zero attached hydrogens (tertiary/aromatic N) is 3. The molecule has 0 saturated carbocycles. The predicted molar refractivity (Wildman–Crippen MR) is 112 cm³/mol. The molecule has 1 fully saturated rings. The van der Waals surface area contributed by atoms with Crippen LogP contribution in [0.4, 0.5) is 0 Å². The number of likely N-dealkylation sites (tertiary alicyclic amines) is 1. The number of carbonyl (C=O) groups is 1. The van der Waals surface area contributed by atoms with Gasteiger partial charge in [0.05, 0.1) is 0 Å². The molecule has 1 heterocycles. The van der Waals surface area contributed by atoms with Crippen LogP contribution in [0.25, 0.3) is 0 Å². The fraction of sp³-hybridized carbons (Fsp3) is 0.619. The highest BCUT2D eigenvalue weighted by Crippen LogP contribution is 2.16. The number of benzene rings is 1. The zero-order valence-electron chi connectivity index (χ0n) is 17.3. The molecule has 1 amide bonds. The quantitative estimate of drug-likeness (QED) is 0.568. The molecule has 2 rings (SSSR count). The molecule has 0 aromatic heterocycles. The van der Waals surface area contributed by atoms with E-state index in [2.05, 4.69) is 27.4 Å². The van der Waals surface area contributed by atoms with Crippen LogP contribution >= 0.6 is 0 Å². The van der Waals surface area contributed by atoms with Crippen LogP contribution in [-0.4, -0.2) is 69.0 Å². The summed E-state index contributed by atoms with van der Waals surface area (Å²) in [5.41, 5.74) is 1.84. The number of hydrogen-bond donors (Lipinski definition) is 2. The van der Waals surface area contributed by atoms with Gasteiger partial charge in [-0.15, -0.1) is 0 Å². The van der Waals surface area contributed by atoms with E-state index in [0.717, 1.165) is 18.1 Å². The number of nitrogens with one attached hydrogen (secondary N) is 2. The van der Waals surface area contributed by atoms with Gasteiger partial charge in [-0.2, -0.15) is 0 Å². The summed E-state index contributed by atoms with van der Waals surface area (Å²) in [5, 5.41) is 6.82. The van der Waals surface area contributed by atoms with Crippen LogP contribution in [-0.2, 0) is 6.54 Å². The summed E-state index contributed by atoms with van der Waals surface area (Å²) in [6.07, 6.45) is 3.75. The van der Waals surface area contributed by atoms with Crippen LogP contribution in [0.5, 0.6) is 0 Å². The Hall–Kier alpha value is -2.08. The summed E-state index contributed by atoms with van der Waals surface area (Å²) in [6, 6.07) is 7.72. The molecule has 1 aliphatic heterocycles. The highest BCUT2D eigenvalue weighted by Gasteiger charge is 2.18. The first kappa shape index (κ1) is 21.2. The second kappa shape index (κ2) is 10.9. The Kier molecular flexibility index (Phi) is 8.58. The Morgan fingerprint density at radius 3 is 2.41 bits per heavy atom. The largest absolute Gasteiger partial charge is 0.356 e. The van der Waals surface area contributed by atoms with Crippen molar-refractivity contribution in [2.45, 2.75) is 32.7 Å². The van der Waals surface area contributed by atoms with Crippen molar-refractivity contribution in [3.05, 3.63) is 35.4 Å². The number of rotatable bonds is 7. The van der Waals surface area contributed by atoms with E-state index in [1.54, 1.807) is 26.0 Å². The molecule has 2 N–H and O–H groups in total. The number of aliphatic imine (C=N–C) groups is 1. The number of carbonyl (C=O) groups excluding carboxylic acids is 1. The van der Waals surface area contributed by atoms with Crippen molar-refractivity contribution in [1.82, 2.24) is 20.4 Å². The van der Waals surface area contributed by atoms with Gasteiger partial charge < -0.3 is 20.4 Å². The molecule has 1 aromatic rings. The van der Waals surface area contributed by atoms with Gasteiger partial charge in [0.15, 0.2) is 5.96 Å². The van der Waals surface area contributed by atoms with Gasteiger partial charge in [0.2, 0.25) is 0 Å². The minimum absolute atomic E-state index is 0.0250. The molecule has 6 heteroatoms. The fourth-order valence-electron chi connectivity index (χ4n) is 3.40. The molecule has 0 aliphatic carbocycles. The van der Waals surface area contributed by atoms with E-state index in [0.29, 0.717) is 18.0 Å². The monoisotopic (exact) mass is 373 g/mol. The van der Waals surface area contributed by atoms with Crippen LogP contribution in [0.1, 0.15) is 42.1 Å². The van der Waals surface area contributed by atoms with Gasteiger partial charge >= 0.3 is 0 Å². The summed E-state index contributed by atoms with van der Waals surface area (Å²) in [6.45, 7) is 7.55. The summed E-state index contributed by atoms with van der Waals surface area (Å²) in [5.74, 6) is 1.57. The summed E-state index contributed by atoms with van der Waals surface area (Å²) in [7, 11) is 5.33. The Bertz CT molecular complexity index is 604. The third-order valence-electron chi connectivity index (χ3n) is 5.10. The standard InChI is InChI=1S/C21H35N5O/c1-5-12-26-13-10-18(11-14-26)16-24-21(22-2)23-15-17-6-8-19(9-7-17)20(27)25(3)4/h6-9,18H,5,10-16H2,1-4H3,(H2,22,23,24). The normalized spacial score (nSPS) is 16.2. The average molecular weight is 374 g/mol. The molecular formula is C21H35N5O. The van der Waals surface area contributed by atoms with Crippen molar-refractivity contribution in [3.8, 4) is 0 Å². The highest BCUT2D eigenvalue weighted by atomic mass is 16.2. The van der Waals surface area contributed by atoms with Crippen LogP contribution in [0.3, 0.4) is 0 Å². The highest BCUT2D eigenvalue weighted by molar-refractivity contribution is 5.93. The Morgan fingerprint density at radius 2 is 1.85 bits per heavy atom. The van der Waals surface area contributed by atoms with Crippen molar-refractivity contribution in [3.63, 3.8) is 0 Å². The Balaban J connectivity index is 1.73. The lowest BCUT2D eigenvalue weighted by atomic mass is 9.97. The van der Waals surface area contributed by atoms with E-state index < -0.39 is 0 Å². The summed E-state index contributed by atoms with van der Waals surface area (Å²) in [4.78, 5) is 20.4. The lowest BCUT2D eigenvalue weighted by Crippen LogP contribution is -2.42. The third-order valence-corrected chi connectivity index (χ3v) is 5.10. The maximum absolute atomic E-state index is 11.9. The lowest BCUT2D eigenvalue weighted by Gasteiger charge is -2.32. The second-order valence-corrected chi connectivity index (χ2v) is 7.49. The summed E-state index contributed by atoms with van der Waals surface area (Å²) < 4.78 is 0. The van der Waals surface area contributed by atoms with Crippen LogP contribution in [0.15, 0.2) is 29.3 Å². The van der Waals surface area contributed by atoms with Crippen LogP contribution in [0, 0.1) is 5.92 Å². The molecule has 0 spiro atoms. The van der Waals surface area contributed by atoms with Crippen molar-refractivity contribution in [1.29, 1.82) is 0 Å². The first-order valence-corrected chi connectivity index (χ1v) is 10.0. The van der Waals surface area contributed by atoms with E-state index in [-0.39, 0.29) is 5.91 Å². The van der Waals surface area contributed by atoms with E-state index in [1.807, 2.05) is 24.3 Å². The number of guanidine groups is 1. The molecule has 1 saturated heterocycles. The van der Waals surface area contributed by atoms with Gasteiger partial charge in [0.25, 0.3) is 5.91 Å². The zero-order chi connectivity index (χ0) is 19.6. The minimum atomic E-state index is 0.0250.